The molecule has 33 heavy (non-hydrogen) atoms. The average Bonchev–Trinajstić information content (AvgIpc) is 2.84. The quantitative estimate of drug-likeness (QED) is 0.454. The average molecular weight is 447 g/mol. The van der Waals surface area contributed by atoms with Gasteiger partial charge in [0.1, 0.15) is 11.9 Å². The number of hydrogen-bond acceptors (Lipinski definition) is 2. The van der Waals surface area contributed by atoms with Crippen LogP contribution in [0.15, 0.2) is 84.9 Å². The Bertz CT molecular complexity index is 1010. The van der Waals surface area contributed by atoms with Gasteiger partial charge in [0.25, 0.3) is 0 Å². The highest BCUT2D eigenvalue weighted by Gasteiger charge is 2.29. The van der Waals surface area contributed by atoms with Crippen molar-refractivity contribution in [2.45, 2.75) is 45.2 Å². The molecule has 1 atom stereocenters. The van der Waals surface area contributed by atoms with Gasteiger partial charge in [-0.25, -0.2) is 4.39 Å². The fourth-order valence-electron chi connectivity index (χ4n) is 3.79. The number of halogens is 1. The Morgan fingerprint density at radius 1 is 0.848 bits per heavy atom. The summed E-state index contributed by atoms with van der Waals surface area (Å²) in [4.78, 5) is 28.1. The zero-order valence-electron chi connectivity index (χ0n) is 19.0. The number of amides is 2. The molecular formula is C28H31FN2O2. The highest BCUT2D eigenvalue weighted by atomic mass is 19.1. The molecule has 0 spiro atoms. The standard InChI is InChI=1S/C28H31FN2O2/c1-2-9-27(32)31(21-24-14-16-25(29)17-15-24)26(20-23-12-7-4-8-13-23)28(33)30-19-18-22-10-5-3-6-11-22/h3-8,10-17,26H,2,9,18-21H2,1H3,(H,30,33)/t26-/m0/s1. The lowest BCUT2D eigenvalue weighted by Gasteiger charge is -2.31. The SMILES string of the molecule is CCCC(=O)N(Cc1ccc(F)cc1)[C@@H](Cc1ccccc1)C(=O)NCCc1ccccc1. The van der Waals surface area contributed by atoms with Gasteiger partial charge in [-0.1, -0.05) is 79.7 Å². The molecule has 3 aromatic rings. The molecule has 0 heterocycles. The normalized spacial score (nSPS) is 11.6. The topological polar surface area (TPSA) is 49.4 Å². The van der Waals surface area contributed by atoms with Crippen LogP contribution in [0.1, 0.15) is 36.5 Å². The second-order valence-electron chi connectivity index (χ2n) is 8.13. The fraction of sp³-hybridized carbons (Fsp3) is 0.286. The van der Waals surface area contributed by atoms with E-state index >= 15 is 0 Å². The van der Waals surface area contributed by atoms with Gasteiger partial charge in [0.2, 0.25) is 11.8 Å². The lowest BCUT2D eigenvalue weighted by Crippen LogP contribution is -2.50. The number of carbonyl (C=O) groups excluding carboxylic acids is 2. The predicted molar refractivity (Wildman–Crippen MR) is 129 cm³/mol. The molecule has 0 radical (unpaired) electrons. The van der Waals surface area contributed by atoms with Crippen molar-refractivity contribution >= 4 is 11.8 Å². The zero-order valence-corrected chi connectivity index (χ0v) is 19.0. The van der Waals surface area contributed by atoms with Crippen LogP contribution < -0.4 is 5.32 Å². The smallest absolute Gasteiger partial charge is 0.243 e. The summed E-state index contributed by atoms with van der Waals surface area (Å²) >= 11 is 0. The van der Waals surface area contributed by atoms with E-state index in [4.69, 9.17) is 0 Å². The van der Waals surface area contributed by atoms with Crippen LogP contribution in [-0.2, 0) is 29.0 Å². The molecule has 0 unspecified atom stereocenters. The van der Waals surface area contributed by atoms with Crippen LogP contribution in [-0.4, -0.2) is 29.3 Å². The van der Waals surface area contributed by atoms with Gasteiger partial charge in [0.05, 0.1) is 0 Å². The number of carbonyl (C=O) groups is 2. The van der Waals surface area contributed by atoms with E-state index in [1.807, 2.05) is 67.6 Å². The lowest BCUT2D eigenvalue weighted by atomic mass is 10.0. The first kappa shape index (κ1) is 24.2. The molecule has 1 N–H and O–H groups in total. The molecule has 2 amide bonds. The van der Waals surface area contributed by atoms with Crippen LogP contribution >= 0.6 is 0 Å². The summed E-state index contributed by atoms with van der Waals surface area (Å²) in [6.07, 6.45) is 2.16. The maximum atomic E-state index is 13.4. The summed E-state index contributed by atoms with van der Waals surface area (Å²) in [5, 5.41) is 3.03. The largest absolute Gasteiger partial charge is 0.354 e. The molecule has 0 fully saturated rings. The molecule has 0 aliphatic carbocycles. The van der Waals surface area contributed by atoms with E-state index in [0.717, 1.165) is 16.7 Å². The van der Waals surface area contributed by atoms with Gasteiger partial charge >= 0.3 is 0 Å². The number of nitrogens with zero attached hydrogens (tertiary/aromatic N) is 1. The van der Waals surface area contributed by atoms with Crippen LogP contribution in [0.5, 0.6) is 0 Å². The summed E-state index contributed by atoms with van der Waals surface area (Å²) in [5.41, 5.74) is 2.91. The van der Waals surface area contributed by atoms with Gasteiger partial charge in [-0.2, -0.15) is 0 Å². The van der Waals surface area contributed by atoms with Crippen LogP contribution in [0.4, 0.5) is 4.39 Å². The van der Waals surface area contributed by atoms with E-state index in [1.165, 1.54) is 12.1 Å². The first-order valence-corrected chi connectivity index (χ1v) is 11.5. The minimum atomic E-state index is -0.660. The van der Waals surface area contributed by atoms with Gasteiger partial charge in [0, 0.05) is 25.9 Å². The molecule has 5 heteroatoms. The Labute approximate surface area is 195 Å². The minimum absolute atomic E-state index is 0.0824. The first-order chi connectivity index (χ1) is 16.1. The van der Waals surface area contributed by atoms with Crippen molar-refractivity contribution in [3.05, 3.63) is 107 Å². The van der Waals surface area contributed by atoms with Crippen molar-refractivity contribution in [2.75, 3.05) is 6.54 Å². The molecule has 0 aliphatic rings. The van der Waals surface area contributed by atoms with Crippen molar-refractivity contribution < 1.29 is 14.0 Å². The summed E-state index contributed by atoms with van der Waals surface area (Å²) in [7, 11) is 0. The third kappa shape index (κ3) is 7.56. The maximum absolute atomic E-state index is 13.4. The van der Waals surface area contributed by atoms with Crippen LogP contribution in [0.2, 0.25) is 0 Å². The number of hydrogen-bond donors (Lipinski definition) is 1. The second kappa shape index (κ2) is 12.5. The molecule has 3 rings (SSSR count). The highest BCUT2D eigenvalue weighted by Crippen LogP contribution is 2.17. The summed E-state index contributed by atoms with van der Waals surface area (Å²) < 4.78 is 13.4. The number of nitrogens with one attached hydrogen (secondary N) is 1. The molecule has 4 nitrogen and oxygen atoms in total. The summed E-state index contributed by atoms with van der Waals surface area (Å²) in [6.45, 7) is 2.68. The third-order valence-corrected chi connectivity index (χ3v) is 5.56. The Kier molecular flexibility index (Phi) is 9.19. The molecule has 0 saturated heterocycles. The van der Waals surface area contributed by atoms with Crippen LogP contribution in [0.25, 0.3) is 0 Å². The van der Waals surface area contributed by atoms with E-state index in [1.54, 1.807) is 17.0 Å². The van der Waals surface area contributed by atoms with Crippen molar-refractivity contribution in [3.63, 3.8) is 0 Å². The summed E-state index contributed by atoms with van der Waals surface area (Å²) in [6, 6.07) is 25.1. The molecule has 0 aromatic heterocycles. The predicted octanol–water partition coefficient (Wildman–Crippen LogP) is 4.92. The van der Waals surface area contributed by atoms with Crippen molar-refractivity contribution in [3.8, 4) is 0 Å². The fourth-order valence-corrected chi connectivity index (χ4v) is 3.79. The minimum Gasteiger partial charge on any atom is -0.354 e. The maximum Gasteiger partial charge on any atom is 0.243 e. The molecule has 0 saturated carbocycles. The van der Waals surface area contributed by atoms with E-state index in [0.29, 0.717) is 32.2 Å². The van der Waals surface area contributed by atoms with E-state index in [9.17, 15) is 14.0 Å². The van der Waals surface area contributed by atoms with Gasteiger partial charge in [-0.15, -0.1) is 0 Å². The van der Waals surface area contributed by atoms with Crippen molar-refractivity contribution in [2.24, 2.45) is 0 Å². The van der Waals surface area contributed by atoms with Gasteiger partial charge in [0.15, 0.2) is 0 Å². The molecular weight excluding hydrogens is 415 g/mol. The summed E-state index contributed by atoms with van der Waals surface area (Å²) in [5.74, 6) is -0.591. The van der Waals surface area contributed by atoms with Gasteiger partial charge in [-0.05, 0) is 41.7 Å². The Morgan fingerprint density at radius 2 is 1.45 bits per heavy atom. The van der Waals surface area contributed by atoms with Crippen LogP contribution in [0.3, 0.4) is 0 Å². The van der Waals surface area contributed by atoms with E-state index < -0.39 is 6.04 Å². The second-order valence-corrected chi connectivity index (χ2v) is 8.13. The highest BCUT2D eigenvalue weighted by molar-refractivity contribution is 5.88. The monoisotopic (exact) mass is 446 g/mol. The zero-order chi connectivity index (χ0) is 23.5. The lowest BCUT2D eigenvalue weighted by molar-refractivity contribution is -0.141. The van der Waals surface area contributed by atoms with Crippen molar-refractivity contribution in [1.29, 1.82) is 0 Å². The first-order valence-electron chi connectivity index (χ1n) is 11.5. The number of rotatable bonds is 11. The van der Waals surface area contributed by atoms with Gasteiger partial charge < -0.3 is 10.2 Å². The Morgan fingerprint density at radius 3 is 2.06 bits per heavy atom. The third-order valence-electron chi connectivity index (χ3n) is 5.56. The Balaban J connectivity index is 1.81. The molecule has 172 valence electrons. The Hall–Kier alpha value is -3.47. The molecule has 0 aliphatic heterocycles. The van der Waals surface area contributed by atoms with Crippen molar-refractivity contribution in [1.82, 2.24) is 10.2 Å². The van der Waals surface area contributed by atoms with E-state index in [2.05, 4.69) is 5.32 Å². The van der Waals surface area contributed by atoms with E-state index in [-0.39, 0.29) is 24.2 Å². The number of benzene rings is 3. The van der Waals surface area contributed by atoms with Crippen LogP contribution in [0, 0.1) is 5.82 Å². The molecule has 0 bridgehead atoms. The molecule has 3 aromatic carbocycles. The van der Waals surface area contributed by atoms with Gasteiger partial charge in [-0.3, -0.25) is 9.59 Å².